The molecule has 0 amide bonds. The summed E-state index contributed by atoms with van der Waals surface area (Å²) in [5, 5.41) is 9.02. The van der Waals surface area contributed by atoms with Gasteiger partial charge < -0.3 is 10.6 Å². The standard InChI is InChI=1S/C15H15FN4S/c1-3-17-15-19-13(10-6-7-21-14(10)20-15)18-12-8-9(2)4-5-11(12)16/h4-8H,3H2,1-2H3,(H2,17,18,19,20). The predicted molar refractivity (Wildman–Crippen MR) is 86.0 cm³/mol. The highest BCUT2D eigenvalue weighted by Gasteiger charge is 2.11. The third-order valence-corrected chi connectivity index (χ3v) is 3.84. The van der Waals surface area contributed by atoms with Crippen molar-refractivity contribution in [2.45, 2.75) is 13.8 Å². The average molecular weight is 302 g/mol. The molecule has 2 aromatic heterocycles. The molecule has 2 N–H and O–H groups in total. The van der Waals surface area contributed by atoms with Crippen molar-refractivity contribution in [3.05, 3.63) is 41.0 Å². The van der Waals surface area contributed by atoms with Gasteiger partial charge in [0.15, 0.2) is 0 Å². The molecule has 108 valence electrons. The van der Waals surface area contributed by atoms with Crippen molar-refractivity contribution in [1.82, 2.24) is 9.97 Å². The number of anilines is 3. The second-order valence-electron chi connectivity index (χ2n) is 4.67. The van der Waals surface area contributed by atoms with Crippen molar-refractivity contribution < 1.29 is 4.39 Å². The molecule has 0 aliphatic carbocycles. The molecule has 2 heterocycles. The number of hydrogen-bond acceptors (Lipinski definition) is 5. The van der Waals surface area contributed by atoms with E-state index in [1.54, 1.807) is 12.1 Å². The van der Waals surface area contributed by atoms with Crippen molar-refractivity contribution in [2.75, 3.05) is 17.2 Å². The van der Waals surface area contributed by atoms with Crippen LogP contribution in [0.1, 0.15) is 12.5 Å². The van der Waals surface area contributed by atoms with Gasteiger partial charge in [-0.25, -0.2) is 9.37 Å². The first-order chi connectivity index (χ1) is 10.2. The SMILES string of the molecule is CCNc1nc(Nc2cc(C)ccc2F)c2ccsc2n1. The van der Waals surface area contributed by atoms with Gasteiger partial charge in [0.1, 0.15) is 16.5 Å². The highest BCUT2D eigenvalue weighted by atomic mass is 32.1. The molecular weight excluding hydrogens is 287 g/mol. The Balaban J connectivity index is 2.06. The van der Waals surface area contributed by atoms with Crippen LogP contribution in [-0.4, -0.2) is 16.5 Å². The highest BCUT2D eigenvalue weighted by molar-refractivity contribution is 7.16. The van der Waals surface area contributed by atoms with Gasteiger partial charge in [0.05, 0.1) is 11.1 Å². The molecule has 0 fully saturated rings. The van der Waals surface area contributed by atoms with Crippen LogP contribution >= 0.6 is 11.3 Å². The van der Waals surface area contributed by atoms with E-state index in [0.717, 1.165) is 22.3 Å². The summed E-state index contributed by atoms with van der Waals surface area (Å²) in [6.45, 7) is 4.64. The summed E-state index contributed by atoms with van der Waals surface area (Å²) in [6.07, 6.45) is 0. The molecule has 3 aromatic rings. The molecule has 0 aliphatic heterocycles. The number of rotatable bonds is 4. The number of aryl methyl sites for hydroxylation is 1. The Morgan fingerprint density at radius 2 is 2.10 bits per heavy atom. The lowest BCUT2D eigenvalue weighted by Gasteiger charge is -2.10. The molecule has 0 unspecified atom stereocenters. The minimum atomic E-state index is -0.299. The Morgan fingerprint density at radius 3 is 2.90 bits per heavy atom. The van der Waals surface area contributed by atoms with Crippen LogP contribution in [0.5, 0.6) is 0 Å². The van der Waals surface area contributed by atoms with Crippen LogP contribution < -0.4 is 10.6 Å². The lowest BCUT2D eigenvalue weighted by Crippen LogP contribution is -2.05. The van der Waals surface area contributed by atoms with Gasteiger partial charge in [-0.1, -0.05) is 6.07 Å². The second kappa shape index (κ2) is 5.65. The second-order valence-corrected chi connectivity index (χ2v) is 5.57. The summed E-state index contributed by atoms with van der Waals surface area (Å²) in [4.78, 5) is 9.74. The van der Waals surface area contributed by atoms with E-state index in [4.69, 9.17) is 0 Å². The maximum atomic E-state index is 13.9. The monoisotopic (exact) mass is 302 g/mol. The van der Waals surface area contributed by atoms with Gasteiger partial charge in [-0.3, -0.25) is 0 Å². The number of fused-ring (bicyclic) bond motifs is 1. The van der Waals surface area contributed by atoms with Gasteiger partial charge >= 0.3 is 0 Å². The van der Waals surface area contributed by atoms with Gasteiger partial charge in [-0.2, -0.15) is 4.98 Å². The average Bonchev–Trinajstić information content (AvgIpc) is 2.92. The first-order valence-corrected chi connectivity index (χ1v) is 7.57. The number of aromatic nitrogens is 2. The first kappa shape index (κ1) is 13.8. The zero-order valence-corrected chi connectivity index (χ0v) is 12.6. The quantitative estimate of drug-likeness (QED) is 0.754. The molecule has 0 atom stereocenters. The Morgan fingerprint density at radius 1 is 1.24 bits per heavy atom. The van der Waals surface area contributed by atoms with E-state index in [0.29, 0.717) is 17.5 Å². The van der Waals surface area contributed by atoms with Crippen molar-refractivity contribution in [2.24, 2.45) is 0 Å². The largest absolute Gasteiger partial charge is 0.354 e. The summed E-state index contributed by atoms with van der Waals surface area (Å²) in [5.74, 6) is 0.859. The van der Waals surface area contributed by atoms with Crippen molar-refractivity contribution >= 4 is 39.0 Å². The van der Waals surface area contributed by atoms with Crippen molar-refractivity contribution in [3.8, 4) is 0 Å². The maximum Gasteiger partial charge on any atom is 0.226 e. The van der Waals surface area contributed by atoms with Gasteiger partial charge in [0.2, 0.25) is 5.95 Å². The summed E-state index contributed by atoms with van der Waals surface area (Å²) in [5.41, 5.74) is 1.41. The number of nitrogens with one attached hydrogen (secondary N) is 2. The predicted octanol–water partition coefficient (Wildman–Crippen LogP) is 4.31. The van der Waals surface area contributed by atoms with Crippen LogP contribution in [0.3, 0.4) is 0 Å². The minimum absolute atomic E-state index is 0.299. The zero-order valence-electron chi connectivity index (χ0n) is 11.8. The smallest absolute Gasteiger partial charge is 0.226 e. The van der Waals surface area contributed by atoms with E-state index in [1.807, 2.05) is 25.3 Å². The normalized spacial score (nSPS) is 10.8. The number of hydrogen-bond donors (Lipinski definition) is 2. The summed E-state index contributed by atoms with van der Waals surface area (Å²) >= 11 is 1.53. The fourth-order valence-electron chi connectivity index (χ4n) is 2.05. The van der Waals surface area contributed by atoms with Crippen molar-refractivity contribution in [1.29, 1.82) is 0 Å². The molecule has 0 spiro atoms. The molecule has 0 aliphatic rings. The van der Waals surface area contributed by atoms with E-state index in [2.05, 4.69) is 20.6 Å². The van der Waals surface area contributed by atoms with Crippen LogP contribution in [0.4, 0.5) is 21.8 Å². The van der Waals surface area contributed by atoms with E-state index in [1.165, 1.54) is 17.4 Å². The van der Waals surface area contributed by atoms with Crippen LogP contribution in [0.25, 0.3) is 10.2 Å². The topological polar surface area (TPSA) is 49.8 Å². The Hall–Kier alpha value is -2.21. The summed E-state index contributed by atoms with van der Waals surface area (Å²) in [6, 6.07) is 6.90. The highest BCUT2D eigenvalue weighted by Crippen LogP contribution is 2.29. The van der Waals surface area contributed by atoms with Crippen LogP contribution in [0.15, 0.2) is 29.6 Å². The van der Waals surface area contributed by atoms with E-state index in [-0.39, 0.29) is 5.82 Å². The Kier molecular flexibility index (Phi) is 3.70. The summed E-state index contributed by atoms with van der Waals surface area (Å²) < 4.78 is 13.9. The Labute approximate surface area is 126 Å². The van der Waals surface area contributed by atoms with Gasteiger partial charge in [-0.05, 0) is 43.0 Å². The van der Waals surface area contributed by atoms with Gasteiger partial charge in [-0.15, -0.1) is 11.3 Å². The molecule has 0 radical (unpaired) electrons. The summed E-state index contributed by atoms with van der Waals surface area (Å²) in [7, 11) is 0. The van der Waals surface area contributed by atoms with Crippen molar-refractivity contribution in [3.63, 3.8) is 0 Å². The van der Waals surface area contributed by atoms with E-state index < -0.39 is 0 Å². The third-order valence-electron chi connectivity index (χ3n) is 3.03. The van der Waals surface area contributed by atoms with Gasteiger partial charge in [0, 0.05) is 6.54 Å². The van der Waals surface area contributed by atoms with E-state index >= 15 is 0 Å². The first-order valence-electron chi connectivity index (χ1n) is 6.69. The van der Waals surface area contributed by atoms with E-state index in [9.17, 15) is 4.39 Å². The molecule has 1 aromatic carbocycles. The zero-order chi connectivity index (χ0) is 14.8. The third kappa shape index (κ3) is 2.80. The molecule has 0 saturated heterocycles. The molecule has 4 nitrogen and oxygen atoms in total. The number of thiophene rings is 1. The number of benzene rings is 1. The molecule has 0 saturated carbocycles. The molecular formula is C15H15FN4S. The minimum Gasteiger partial charge on any atom is -0.354 e. The van der Waals surface area contributed by atoms with Gasteiger partial charge in [0.25, 0.3) is 0 Å². The van der Waals surface area contributed by atoms with Crippen LogP contribution in [0.2, 0.25) is 0 Å². The number of halogens is 1. The lowest BCUT2D eigenvalue weighted by molar-refractivity contribution is 0.631. The Bertz CT molecular complexity index is 784. The lowest BCUT2D eigenvalue weighted by atomic mass is 10.2. The number of nitrogens with zero attached hydrogens (tertiary/aromatic N) is 2. The fourth-order valence-corrected chi connectivity index (χ4v) is 2.81. The van der Waals surface area contributed by atoms with Crippen LogP contribution in [0, 0.1) is 12.7 Å². The molecule has 0 bridgehead atoms. The molecule has 6 heteroatoms. The molecule has 3 rings (SSSR count). The fraction of sp³-hybridized carbons (Fsp3) is 0.200. The molecule has 21 heavy (non-hydrogen) atoms. The maximum absolute atomic E-state index is 13.9. The van der Waals surface area contributed by atoms with Crippen LogP contribution in [-0.2, 0) is 0 Å².